The number of hydrogen-bond donors (Lipinski definition) is 1. The highest BCUT2D eigenvalue weighted by molar-refractivity contribution is 7.92. The summed E-state index contributed by atoms with van der Waals surface area (Å²) in [6.45, 7) is 6.51. The van der Waals surface area contributed by atoms with Gasteiger partial charge in [0.2, 0.25) is 11.8 Å². The lowest BCUT2D eigenvalue weighted by Gasteiger charge is -2.32. The lowest BCUT2D eigenvalue weighted by molar-refractivity contribution is -0.139. The Morgan fingerprint density at radius 2 is 1.60 bits per heavy atom. The highest BCUT2D eigenvalue weighted by Gasteiger charge is 2.33. The Morgan fingerprint density at radius 1 is 0.975 bits per heavy atom. The van der Waals surface area contributed by atoms with E-state index in [1.165, 1.54) is 11.0 Å². The minimum absolute atomic E-state index is 0.0672. The first-order valence-corrected chi connectivity index (χ1v) is 14.9. The molecular formula is C29H32Cl2FN3O4S. The molecular weight excluding hydrogens is 576 g/mol. The smallest absolute Gasteiger partial charge is 0.264 e. The summed E-state index contributed by atoms with van der Waals surface area (Å²) in [6.07, 6.45) is 0.687. The van der Waals surface area contributed by atoms with E-state index in [1.54, 1.807) is 43.3 Å². The minimum Gasteiger partial charge on any atom is -0.352 e. The van der Waals surface area contributed by atoms with Gasteiger partial charge in [-0.25, -0.2) is 12.8 Å². The summed E-state index contributed by atoms with van der Waals surface area (Å²) >= 11 is 12.4. The van der Waals surface area contributed by atoms with Gasteiger partial charge in [-0.3, -0.25) is 13.9 Å². The zero-order chi connectivity index (χ0) is 29.6. The first kappa shape index (κ1) is 31.4. The molecule has 40 heavy (non-hydrogen) atoms. The highest BCUT2D eigenvalue weighted by atomic mass is 35.5. The molecule has 0 radical (unpaired) electrons. The van der Waals surface area contributed by atoms with Gasteiger partial charge >= 0.3 is 0 Å². The molecule has 0 aliphatic heterocycles. The van der Waals surface area contributed by atoms with Crippen molar-refractivity contribution in [1.82, 2.24) is 10.2 Å². The third kappa shape index (κ3) is 7.74. The molecule has 3 rings (SSSR count). The molecule has 3 aromatic rings. The van der Waals surface area contributed by atoms with E-state index in [2.05, 4.69) is 5.32 Å². The van der Waals surface area contributed by atoms with Crippen LogP contribution in [0.2, 0.25) is 10.0 Å². The Kier molecular flexibility index (Phi) is 10.6. The third-order valence-corrected chi connectivity index (χ3v) is 8.90. The van der Waals surface area contributed by atoms with Crippen LogP contribution in [0.3, 0.4) is 0 Å². The van der Waals surface area contributed by atoms with Crippen molar-refractivity contribution in [3.05, 3.63) is 93.7 Å². The van der Waals surface area contributed by atoms with Crippen LogP contribution in [0.4, 0.5) is 10.1 Å². The van der Waals surface area contributed by atoms with Crippen molar-refractivity contribution in [3.63, 3.8) is 0 Å². The molecule has 0 bridgehead atoms. The van der Waals surface area contributed by atoms with E-state index in [0.717, 1.165) is 34.1 Å². The normalized spacial score (nSPS) is 12.9. The Hall–Kier alpha value is -3.14. The number of carbonyl (C=O) groups is 2. The summed E-state index contributed by atoms with van der Waals surface area (Å²) in [6, 6.07) is 14.7. The minimum atomic E-state index is -4.29. The molecule has 0 aliphatic carbocycles. The van der Waals surface area contributed by atoms with Gasteiger partial charge in [-0.15, -0.1) is 0 Å². The maximum absolute atomic E-state index is 13.9. The van der Waals surface area contributed by atoms with Crippen LogP contribution < -0.4 is 9.62 Å². The number of sulfonamides is 1. The highest BCUT2D eigenvalue weighted by Crippen LogP contribution is 2.27. The number of hydrogen-bond acceptors (Lipinski definition) is 4. The van der Waals surface area contributed by atoms with Gasteiger partial charge in [0.05, 0.1) is 10.6 Å². The van der Waals surface area contributed by atoms with Gasteiger partial charge in [0.15, 0.2) is 0 Å². The Morgan fingerprint density at radius 3 is 2.17 bits per heavy atom. The molecule has 11 heteroatoms. The lowest BCUT2D eigenvalue weighted by Crippen LogP contribution is -2.52. The fourth-order valence-corrected chi connectivity index (χ4v) is 5.74. The van der Waals surface area contributed by atoms with Crippen molar-refractivity contribution in [2.75, 3.05) is 10.8 Å². The van der Waals surface area contributed by atoms with Crippen LogP contribution in [-0.2, 0) is 26.2 Å². The van der Waals surface area contributed by atoms with E-state index in [-0.39, 0.29) is 23.2 Å². The zero-order valence-electron chi connectivity index (χ0n) is 22.7. The van der Waals surface area contributed by atoms with Crippen molar-refractivity contribution >= 4 is 50.7 Å². The summed E-state index contributed by atoms with van der Waals surface area (Å²) in [4.78, 5) is 28.1. The van der Waals surface area contributed by atoms with E-state index in [1.807, 2.05) is 20.8 Å². The SMILES string of the molecule is CC[C@@H](C)NC(=O)[C@H](C)N(Cc1ccc(Cl)cc1Cl)C(=O)CN(c1ccc(C)cc1)S(=O)(=O)c1ccc(F)cc1. The second-order valence-electron chi connectivity index (χ2n) is 9.55. The second-order valence-corrected chi connectivity index (χ2v) is 12.3. The van der Waals surface area contributed by atoms with Crippen molar-refractivity contribution in [3.8, 4) is 0 Å². The molecule has 0 saturated carbocycles. The quantitative estimate of drug-likeness (QED) is 0.291. The van der Waals surface area contributed by atoms with Crippen molar-refractivity contribution in [2.24, 2.45) is 0 Å². The monoisotopic (exact) mass is 607 g/mol. The van der Waals surface area contributed by atoms with Crippen LogP contribution in [0.15, 0.2) is 71.6 Å². The van der Waals surface area contributed by atoms with Crippen LogP contribution in [0.5, 0.6) is 0 Å². The van der Waals surface area contributed by atoms with Gasteiger partial charge in [-0.2, -0.15) is 0 Å². The summed E-state index contributed by atoms with van der Waals surface area (Å²) in [7, 11) is -4.29. The molecule has 214 valence electrons. The summed E-state index contributed by atoms with van der Waals surface area (Å²) in [5, 5.41) is 3.58. The van der Waals surface area contributed by atoms with Crippen molar-refractivity contribution in [2.45, 2.75) is 57.6 Å². The van der Waals surface area contributed by atoms with Crippen LogP contribution >= 0.6 is 23.2 Å². The van der Waals surface area contributed by atoms with Crippen LogP contribution in [-0.4, -0.2) is 43.8 Å². The van der Waals surface area contributed by atoms with Gasteiger partial charge in [-0.05, 0) is 81.3 Å². The third-order valence-electron chi connectivity index (χ3n) is 6.53. The van der Waals surface area contributed by atoms with Crippen molar-refractivity contribution in [1.29, 1.82) is 0 Å². The van der Waals surface area contributed by atoms with Gasteiger partial charge < -0.3 is 10.2 Å². The fraction of sp³-hybridized carbons (Fsp3) is 0.310. The largest absolute Gasteiger partial charge is 0.352 e. The molecule has 0 unspecified atom stereocenters. The number of amides is 2. The molecule has 2 atom stereocenters. The Labute approximate surface area is 244 Å². The molecule has 0 fully saturated rings. The number of carbonyl (C=O) groups excluding carboxylic acids is 2. The Bertz CT molecular complexity index is 1450. The van der Waals surface area contributed by atoms with Gasteiger partial charge in [0, 0.05) is 22.6 Å². The lowest BCUT2D eigenvalue weighted by atomic mass is 10.1. The van der Waals surface area contributed by atoms with E-state index < -0.39 is 40.2 Å². The predicted octanol–water partition coefficient (Wildman–Crippen LogP) is 5.97. The molecule has 0 heterocycles. The molecule has 7 nitrogen and oxygen atoms in total. The summed E-state index contributed by atoms with van der Waals surface area (Å²) < 4.78 is 42.0. The fourth-order valence-electron chi connectivity index (χ4n) is 3.86. The number of anilines is 1. The number of rotatable bonds is 11. The standard InChI is InChI=1S/C29H32Cl2FN3O4S/c1-5-20(3)33-29(37)21(4)34(17-22-8-9-23(30)16-27(22)31)28(36)18-35(25-12-6-19(2)7-13-25)40(38,39)26-14-10-24(32)11-15-26/h6-16,20-21H,5,17-18H2,1-4H3,(H,33,37)/t20-,21+/m1/s1. The predicted molar refractivity (Wildman–Crippen MR) is 156 cm³/mol. The molecule has 2 amide bonds. The Balaban J connectivity index is 2.04. The molecule has 0 aliphatic rings. The molecule has 1 N–H and O–H groups in total. The van der Waals surface area contributed by atoms with Crippen molar-refractivity contribution < 1.29 is 22.4 Å². The first-order valence-electron chi connectivity index (χ1n) is 12.7. The average molecular weight is 609 g/mol. The maximum Gasteiger partial charge on any atom is 0.264 e. The van der Waals surface area contributed by atoms with Gasteiger partial charge in [-0.1, -0.05) is 53.9 Å². The molecule has 0 spiro atoms. The van der Waals surface area contributed by atoms with Crippen LogP contribution in [0, 0.1) is 12.7 Å². The number of nitrogens with zero attached hydrogens (tertiary/aromatic N) is 2. The van der Waals surface area contributed by atoms with Crippen LogP contribution in [0.1, 0.15) is 38.3 Å². The number of aryl methyl sites for hydroxylation is 1. The summed E-state index contributed by atoms with van der Waals surface area (Å²) in [5.74, 6) is -1.62. The average Bonchev–Trinajstić information content (AvgIpc) is 2.91. The van der Waals surface area contributed by atoms with Gasteiger partial charge in [0.25, 0.3) is 10.0 Å². The zero-order valence-corrected chi connectivity index (χ0v) is 25.0. The topological polar surface area (TPSA) is 86.8 Å². The number of halogens is 3. The summed E-state index contributed by atoms with van der Waals surface area (Å²) in [5.41, 5.74) is 1.67. The second kappa shape index (κ2) is 13.5. The van der Waals surface area contributed by atoms with E-state index in [4.69, 9.17) is 23.2 Å². The van der Waals surface area contributed by atoms with E-state index >= 15 is 0 Å². The number of benzene rings is 3. The maximum atomic E-state index is 13.9. The van der Waals surface area contributed by atoms with E-state index in [0.29, 0.717) is 22.0 Å². The number of nitrogens with one attached hydrogen (secondary N) is 1. The molecule has 0 aromatic heterocycles. The van der Waals surface area contributed by atoms with Gasteiger partial charge in [0.1, 0.15) is 18.4 Å². The molecule has 0 saturated heterocycles. The van der Waals surface area contributed by atoms with Crippen LogP contribution in [0.25, 0.3) is 0 Å². The van der Waals surface area contributed by atoms with E-state index in [9.17, 15) is 22.4 Å². The first-order chi connectivity index (χ1) is 18.8. The molecule has 3 aromatic carbocycles.